The van der Waals surface area contributed by atoms with Gasteiger partial charge in [0.15, 0.2) is 0 Å². The summed E-state index contributed by atoms with van der Waals surface area (Å²) >= 11 is 0. The Balaban J connectivity index is 2.82. The van der Waals surface area contributed by atoms with E-state index in [2.05, 4.69) is 11.8 Å². The van der Waals surface area contributed by atoms with Crippen LogP contribution in [0.15, 0.2) is 0 Å². The molecule has 0 bridgehead atoms. The van der Waals surface area contributed by atoms with E-state index in [-0.39, 0.29) is 13.0 Å². The average molecular weight is 103 g/mol. The predicted molar refractivity (Wildman–Crippen MR) is 23.6 cm³/mol. The standard InChI is InChI=1S/C4H7O3/c1-7-3-2-4(5)6/h1-3H2,(H,5,6). The average Bonchev–Trinajstić information content (AvgIpc) is 1.61. The monoisotopic (exact) mass is 103 g/mol. The molecule has 1 N–H and O–H groups in total. The van der Waals surface area contributed by atoms with Crippen LogP contribution in [-0.4, -0.2) is 17.7 Å². The van der Waals surface area contributed by atoms with Crippen LogP contribution in [0.25, 0.3) is 0 Å². The molecule has 0 aliphatic rings. The van der Waals surface area contributed by atoms with E-state index in [0.29, 0.717) is 0 Å². The fourth-order valence-corrected chi connectivity index (χ4v) is 0.159. The lowest BCUT2D eigenvalue weighted by Crippen LogP contribution is -1.98. The van der Waals surface area contributed by atoms with E-state index in [0.717, 1.165) is 0 Å². The molecular formula is C4H7O3. The van der Waals surface area contributed by atoms with Gasteiger partial charge in [-0.3, -0.25) is 4.79 Å². The van der Waals surface area contributed by atoms with Crippen LogP contribution in [0.4, 0.5) is 0 Å². The van der Waals surface area contributed by atoms with Crippen LogP contribution in [0.2, 0.25) is 0 Å². The summed E-state index contributed by atoms with van der Waals surface area (Å²) in [5.41, 5.74) is 0. The first-order chi connectivity index (χ1) is 3.27. The van der Waals surface area contributed by atoms with E-state index in [9.17, 15) is 4.79 Å². The smallest absolute Gasteiger partial charge is 0.305 e. The largest absolute Gasteiger partial charge is 0.481 e. The van der Waals surface area contributed by atoms with Gasteiger partial charge in [-0.2, -0.15) is 0 Å². The molecule has 0 spiro atoms. The molecule has 0 amide bonds. The molecule has 0 fully saturated rings. The summed E-state index contributed by atoms with van der Waals surface area (Å²) in [6.45, 7) is 0.190. The van der Waals surface area contributed by atoms with Crippen LogP contribution >= 0.6 is 0 Å². The van der Waals surface area contributed by atoms with Gasteiger partial charge in [-0.05, 0) is 0 Å². The first kappa shape index (κ1) is 6.43. The van der Waals surface area contributed by atoms with Gasteiger partial charge < -0.3 is 9.84 Å². The molecule has 0 atom stereocenters. The molecule has 0 unspecified atom stereocenters. The molecule has 0 aliphatic carbocycles. The fraction of sp³-hybridized carbons (Fsp3) is 0.500. The molecule has 0 saturated carbocycles. The Bertz CT molecular complexity index is 60.0. The van der Waals surface area contributed by atoms with Crippen molar-refractivity contribution in [3.05, 3.63) is 7.11 Å². The Morgan fingerprint density at radius 2 is 2.43 bits per heavy atom. The van der Waals surface area contributed by atoms with Gasteiger partial charge in [-0.15, -0.1) is 0 Å². The normalized spacial score (nSPS) is 8.71. The minimum Gasteiger partial charge on any atom is -0.481 e. The molecule has 0 heterocycles. The number of carboxylic acid groups (broad SMARTS) is 1. The molecule has 0 aromatic heterocycles. The zero-order chi connectivity index (χ0) is 5.70. The molecule has 3 heteroatoms. The molecule has 0 aromatic carbocycles. The van der Waals surface area contributed by atoms with Gasteiger partial charge in [0.25, 0.3) is 0 Å². The van der Waals surface area contributed by atoms with Crippen LogP contribution in [0.5, 0.6) is 0 Å². The van der Waals surface area contributed by atoms with Crippen molar-refractivity contribution in [2.24, 2.45) is 0 Å². The molecule has 0 aliphatic heterocycles. The molecule has 7 heavy (non-hydrogen) atoms. The Kier molecular flexibility index (Phi) is 3.32. The summed E-state index contributed by atoms with van der Waals surface area (Å²) in [5.74, 6) is -0.858. The van der Waals surface area contributed by atoms with Crippen LogP contribution in [0.1, 0.15) is 6.42 Å². The van der Waals surface area contributed by atoms with Crippen molar-refractivity contribution >= 4 is 5.97 Å². The van der Waals surface area contributed by atoms with Crippen LogP contribution < -0.4 is 0 Å². The highest BCUT2D eigenvalue weighted by molar-refractivity contribution is 5.66. The van der Waals surface area contributed by atoms with E-state index >= 15 is 0 Å². The highest BCUT2D eigenvalue weighted by Crippen LogP contribution is 1.77. The number of carbonyl (C=O) groups is 1. The Hall–Kier alpha value is -0.570. The summed E-state index contributed by atoms with van der Waals surface area (Å²) in [6, 6.07) is 0. The van der Waals surface area contributed by atoms with Gasteiger partial charge in [0.1, 0.15) is 0 Å². The van der Waals surface area contributed by atoms with E-state index < -0.39 is 5.97 Å². The maximum Gasteiger partial charge on any atom is 0.305 e. The summed E-state index contributed by atoms with van der Waals surface area (Å²) in [7, 11) is 2.99. The van der Waals surface area contributed by atoms with Crippen LogP contribution in [0.3, 0.4) is 0 Å². The van der Waals surface area contributed by atoms with Crippen molar-refractivity contribution in [2.75, 3.05) is 6.61 Å². The minimum atomic E-state index is -0.858. The van der Waals surface area contributed by atoms with Gasteiger partial charge in [0, 0.05) is 0 Å². The summed E-state index contributed by atoms with van der Waals surface area (Å²) in [5, 5.41) is 7.94. The molecule has 0 aromatic rings. The SMILES string of the molecule is [CH2]OCCC(=O)O. The second kappa shape index (κ2) is 3.61. The lowest BCUT2D eigenvalue weighted by molar-refractivity contribution is -0.137. The van der Waals surface area contributed by atoms with E-state index in [4.69, 9.17) is 5.11 Å². The van der Waals surface area contributed by atoms with Crippen molar-refractivity contribution in [3.8, 4) is 0 Å². The van der Waals surface area contributed by atoms with Crippen molar-refractivity contribution in [1.29, 1.82) is 0 Å². The summed E-state index contributed by atoms with van der Waals surface area (Å²) in [4.78, 5) is 9.65. The minimum absolute atomic E-state index is 0.0312. The third-order valence-electron chi connectivity index (χ3n) is 0.460. The van der Waals surface area contributed by atoms with Crippen molar-refractivity contribution in [1.82, 2.24) is 0 Å². The molecule has 1 radical (unpaired) electrons. The summed E-state index contributed by atoms with van der Waals surface area (Å²) < 4.78 is 4.22. The number of hydrogen-bond acceptors (Lipinski definition) is 2. The highest BCUT2D eigenvalue weighted by Gasteiger charge is 1.91. The fourth-order valence-electron chi connectivity index (χ4n) is 0.159. The molecular weight excluding hydrogens is 96.0 g/mol. The molecule has 41 valence electrons. The van der Waals surface area contributed by atoms with E-state index in [1.807, 2.05) is 0 Å². The molecule has 0 rings (SSSR count). The van der Waals surface area contributed by atoms with Gasteiger partial charge in [0.2, 0.25) is 0 Å². The third kappa shape index (κ3) is 5.43. The number of rotatable bonds is 3. The highest BCUT2D eigenvalue weighted by atomic mass is 16.5. The zero-order valence-electron chi connectivity index (χ0n) is 3.89. The maximum absolute atomic E-state index is 9.65. The van der Waals surface area contributed by atoms with Crippen LogP contribution in [-0.2, 0) is 9.53 Å². The zero-order valence-corrected chi connectivity index (χ0v) is 3.89. The number of carboxylic acids is 1. The van der Waals surface area contributed by atoms with Crippen molar-refractivity contribution in [2.45, 2.75) is 6.42 Å². The van der Waals surface area contributed by atoms with Gasteiger partial charge >= 0.3 is 5.97 Å². The number of aliphatic carboxylic acids is 1. The number of hydrogen-bond donors (Lipinski definition) is 1. The van der Waals surface area contributed by atoms with Gasteiger partial charge in [0.05, 0.1) is 20.1 Å². The number of ether oxygens (including phenoxy) is 1. The molecule has 3 nitrogen and oxygen atoms in total. The first-order valence-electron chi connectivity index (χ1n) is 1.86. The second-order valence-electron chi connectivity index (χ2n) is 1.05. The van der Waals surface area contributed by atoms with Crippen molar-refractivity contribution < 1.29 is 14.6 Å². The quantitative estimate of drug-likeness (QED) is 0.557. The second-order valence-corrected chi connectivity index (χ2v) is 1.05. The maximum atomic E-state index is 9.65. The predicted octanol–water partition coefficient (Wildman–Crippen LogP) is 0.269. The third-order valence-corrected chi connectivity index (χ3v) is 0.460. The van der Waals surface area contributed by atoms with Crippen molar-refractivity contribution in [3.63, 3.8) is 0 Å². The van der Waals surface area contributed by atoms with Gasteiger partial charge in [-0.1, -0.05) is 0 Å². The summed E-state index contributed by atoms with van der Waals surface area (Å²) in [6.07, 6.45) is 0.0312. The lowest BCUT2D eigenvalue weighted by atomic mass is 10.5. The van der Waals surface area contributed by atoms with Crippen LogP contribution in [0, 0.1) is 7.11 Å². The molecule has 0 saturated heterocycles. The van der Waals surface area contributed by atoms with E-state index in [1.54, 1.807) is 0 Å². The Morgan fingerprint density at radius 1 is 1.86 bits per heavy atom. The van der Waals surface area contributed by atoms with E-state index in [1.165, 1.54) is 0 Å². The van der Waals surface area contributed by atoms with Gasteiger partial charge in [-0.25, -0.2) is 0 Å². The lowest BCUT2D eigenvalue weighted by Gasteiger charge is -1.88. The Morgan fingerprint density at radius 3 is 2.57 bits per heavy atom. The Labute approximate surface area is 41.9 Å². The topological polar surface area (TPSA) is 46.5 Å². The first-order valence-corrected chi connectivity index (χ1v) is 1.86.